The summed E-state index contributed by atoms with van der Waals surface area (Å²) in [5.41, 5.74) is 2.74. The second-order valence-corrected chi connectivity index (χ2v) is 5.08. The van der Waals surface area contributed by atoms with Crippen molar-refractivity contribution in [1.82, 2.24) is 10.3 Å². The number of nitrogens with two attached hydrogens (primary N) is 1. The third kappa shape index (κ3) is 3.56. The molecule has 1 saturated carbocycles. The predicted molar refractivity (Wildman–Crippen MR) is 72.8 cm³/mol. The first-order valence-corrected chi connectivity index (χ1v) is 6.59. The van der Waals surface area contributed by atoms with Crippen LogP contribution in [0, 0.1) is 0 Å². The molecule has 0 radical (unpaired) electrons. The smallest absolute Gasteiger partial charge is 0.253 e. The number of hydrogen-bond acceptors (Lipinski definition) is 5. The number of nitrogens with one attached hydrogen (secondary N) is 2. The number of hydrazine groups is 1. The van der Waals surface area contributed by atoms with Crippen LogP contribution in [0.2, 0.25) is 5.02 Å². The van der Waals surface area contributed by atoms with E-state index in [-0.39, 0.29) is 18.1 Å². The molecule has 1 heterocycles. The molecule has 7 heteroatoms. The summed E-state index contributed by atoms with van der Waals surface area (Å²) >= 11 is 5.92. The minimum atomic E-state index is -0.237. The van der Waals surface area contributed by atoms with E-state index in [9.17, 15) is 9.90 Å². The molecule has 1 amide bonds. The van der Waals surface area contributed by atoms with E-state index in [1.807, 2.05) is 0 Å². The fraction of sp³-hybridized carbons (Fsp3) is 0.500. The van der Waals surface area contributed by atoms with Crippen LogP contribution in [0.3, 0.4) is 0 Å². The summed E-state index contributed by atoms with van der Waals surface area (Å²) in [5, 5.41) is 12.6. The van der Waals surface area contributed by atoms with E-state index in [0.29, 0.717) is 16.4 Å². The van der Waals surface area contributed by atoms with Crippen LogP contribution in [-0.2, 0) is 0 Å². The lowest BCUT2D eigenvalue weighted by atomic mass is 9.93. The molecule has 1 aromatic heterocycles. The molecule has 1 fully saturated rings. The van der Waals surface area contributed by atoms with Crippen molar-refractivity contribution in [3.63, 3.8) is 0 Å². The molecule has 5 N–H and O–H groups in total. The zero-order valence-corrected chi connectivity index (χ0v) is 11.2. The van der Waals surface area contributed by atoms with E-state index < -0.39 is 0 Å². The normalized spacial score (nSPS) is 22.9. The number of nitrogen functional groups attached to an aromatic ring is 1. The van der Waals surface area contributed by atoms with Crippen molar-refractivity contribution in [3.8, 4) is 0 Å². The molecular formula is C12H17ClN4O2. The zero-order valence-electron chi connectivity index (χ0n) is 10.4. The van der Waals surface area contributed by atoms with Gasteiger partial charge in [0.25, 0.3) is 5.91 Å². The van der Waals surface area contributed by atoms with Crippen molar-refractivity contribution < 1.29 is 9.90 Å². The molecule has 0 unspecified atom stereocenters. The van der Waals surface area contributed by atoms with Gasteiger partial charge in [-0.25, -0.2) is 10.8 Å². The van der Waals surface area contributed by atoms with Gasteiger partial charge in [-0.15, -0.1) is 0 Å². The van der Waals surface area contributed by atoms with Gasteiger partial charge in [0.05, 0.1) is 16.7 Å². The summed E-state index contributed by atoms with van der Waals surface area (Å²) in [7, 11) is 0. The van der Waals surface area contributed by atoms with Gasteiger partial charge in [0.15, 0.2) is 5.82 Å². The van der Waals surface area contributed by atoms with Crippen LogP contribution >= 0.6 is 11.6 Å². The number of anilines is 1. The Kier molecular flexibility index (Phi) is 4.57. The van der Waals surface area contributed by atoms with E-state index >= 15 is 0 Å². The largest absolute Gasteiger partial charge is 0.393 e. The van der Waals surface area contributed by atoms with Crippen LogP contribution in [0.15, 0.2) is 12.3 Å². The number of aromatic nitrogens is 1. The molecule has 2 rings (SSSR count). The van der Waals surface area contributed by atoms with Crippen molar-refractivity contribution in [3.05, 3.63) is 22.8 Å². The van der Waals surface area contributed by atoms with E-state index in [1.165, 1.54) is 12.3 Å². The summed E-state index contributed by atoms with van der Waals surface area (Å²) in [6.45, 7) is 0. The SMILES string of the molecule is NNc1ncc(C(=O)NC2CCC(O)CC2)cc1Cl. The lowest BCUT2D eigenvalue weighted by Crippen LogP contribution is -2.38. The fourth-order valence-electron chi connectivity index (χ4n) is 2.16. The first-order valence-electron chi connectivity index (χ1n) is 6.21. The molecule has 19 heavy (non-hydrogen) atoms. The predicted octanol–water partition coefficient (Wildman–Crippen LogP) is 1.05. The van der Waals surface area contributed by atoms with Gasteiger partial charge in [-0.3, -0.25) is 4.79 Å². The van der Waals surface area contributed by atoms with E-state index in [4.69, 9.17) is 17.4 Å². The van der Waals surface area contributed by atoms with Gasteiger partial charge in [0.2, 0.25) is 0 Å². The summed E-state index contributed by atoms with van der Waals surface area (Å²) in [6.07, 6.45) is 4.21. The topological polar surface area (TPSA) is 100 Å². The van der Waals surface area contributed by atoms with Gasteiger partial charge in [0.1, 0.15) is 0 Å². The molecule has 1 aliphatic rings. The summed E-state index contributed by atoms with van der Waals surface area (Å²) in [4.78, 5) is 16.0. The summed E-state index contributed by atoms with van der Waals surface area (Å²) in [6, 6.07) is 1.62. The van der Waals surface area contributed by atoms with Crippen LogP contribution in [0.4, 0.5) is 5.82 Å². The Bertz CT molecular complexity index is 461. The van der Waals surface area contributed by atoms with Crippen LogP contribution in [0.5, 0.6) is 0 Å². The number of aliphatic hydroxyl groups excluding tert-OH is 1. The lowest BCUT2D eigenvalue weighted by molar-refractivity contribution is 0.0867. The Morgan fingerprint density at radius 3 is 2.68 bits per heavy atom. The number of nitrogens with zero attached hydrogens (tertiary/aromatic N) is 1. The highest BCUT2D eigenvalue weighted by Gasteiger charge is 2.21. The van der Waals surface area contributed by atoms with Crippen LogP contribution in [0.25, 0.3) is 0 Å². The van der Waals surface area contributed by atoms with Gasteiger partial charge in [0, 0.05) is 12.2 Å². The fourth-order valence-corrected chi connectivity index (χ4v) is 2.38. The molecular weight excluding hydrogens is 268 g/mol. The van der Waals surface area contributed by atoms with Gasteiger partial charge < -0.3 is 15.8 Å². The zero-order chi connectivity index (χ0) is 13.8. The van der Waals surface area contributed by atoms with Crippen molar-refractivity contribution in [1.29, 1.82) is 0 Å². The van der Waals surface area contributed by atoms with Crippen molar-refractivity contribution in [2.45, 2.75) is 37.8 Å². The summed E-state index contributed by atoms with van der Waals surface area (Å²) < 4.78 is 0. The quantitative estimate of drug-likeness (QED) is 0.491. The molecule has 1 aliphatic carbocycles. The van der Waals surface area contributed by atoms with Gasteiger partial charge >= 0.3 is 0 Å². The molecule has 0 aromatic carbocycles. The Balaban J connectivity index is 1.98. The monoisotopic (exact) mass is 284 g/mol. The number of pyridine rings is 1. The second-order valence-electron chi connectivity index (χ2n) is 4.68. The minimum absolute atomic E-state index is 0.0991. The molecule has 0 bridgehead atoms. The van der Waals surface area contributed by atoms with Crippen molar-refractivity contribution >= 4 is 23.3 Å². The molecule has 0 aliphatic heterocycles. The Morgan fingerprint density at radius 1 is 1.42 bits per heavy atom. The highest BCUT2D eigenvalue weighted by atomic mass is 35.5. The number of amides is 1. The highest BCUT2D eigenvalue weighted by Crippen LogP contribution is 2.21. The average molecular weight is 285 g/mol. The van der Waals surface area contributed by atoms with Gasteiger partial charge in [-0.1, -0.05) is 11.6 Å². The Hall–Kier alpha value is -1.37. The minimum Gasteiger partial charge on any atom is -0.393 e. The molecule has 0 saturated heterocycles. The first-order chi connectivity index (χ1) is 9.10. The lowest BCUT2D eigenvalue weighted by Gasteiger charge is -2.26. The Morgan fingerprint density at radius 2 is 2.11 bits per heavy atom. The van der Waals surface area contributed by atoms with Crippen molar-refractivity contribution in [2.24, 2.45) is 5.84 Å². The number of hydrogen-bond donors (Lipinski definition) is 4. The third-order valence-electron chi connectivity index (χ3n) is 3.27. The maximum Gasteiger partial charge on any atom is 0.253 e. The number of carbonyl (C=O) groups is 1. The number of rotatable bonds is 3. The van der Waals surface area contributed by atoms with Gasteiger partial charge in [-0.2, -0.15) is 0 Å². The summed E-state index contributed by atoms with van der Waals surface area (Å²) in [5.74, 6) is 5.34. The van der Waals surface area contributed by atoms with E-state index in [1.54, 1.807) is 0 Å². The molecule has 1 aromatic rings. The van der Waals surface area contributed by atoms with Crippen LogP contribution in [0.1, 0.15) is 36.0 Å². The Labute approximate surface area is 116 Å². The number of carbonyl (C=O) groups excluding carboxylic acids is 1. The maximum atomic E-state index is 12.0. The number of aliphatic hydroxyl groups is 1. The molecule has 0 spiro atoms. The molecule has 0 atom stereocenters. The second kappa shape index (κ2) is 6.18. The molecule has 104 valence electrons. The van der Waals surface area contributed by atoms with E-state index in [2.05, 4.69) is 15.7 Å². The van der Waals surface area contributed by atoms with Crippen molar-refractivity contribution in [2.75, 3.05) is 5.43 Å². The first kappa shape index (κ1) is 14.0. The maximum absolute atomic E-state index is 12.0. The van der Waals surface area contributed by atoms with E-state index in [0.717, 1.165) is 25.7 Å². The number of halogens is 1. The van der Waals surface area contributed by atoms with Crippen LogP contribution in [-0.4, -0.2) is 28.1 Å². The highest BCUT2D eigenvalue weighted by molar-refractivity contribution is 6.33. The third-order valence-corrected chi connectivity index (χ3v) is 3.56. The standard InChI is InChI=1S/C12H17ClN4O2/c13-10-5-7(6-15-11(10)17-14)12(19)16-8-1-3-9(18)4-2-8/h5-6,8-9,18H,1-4,14H2,(H,15,17)(H,16,19). The van der Waals surface area contributed by atoms with Crippen LogP contribution < -0.4 is 16.6 Å². The molecule has 6 nitrogen and oxygen atoms in total. The average Bonchev–Trinajstić information content (AvgIpc) is 2.41. The van der Waals surface area contributed by atoms with Gasteiger partial charge in [-0.05, 0) is 31.7 Å².